The van der Waals surface area contributed by atoms with Gasteiger partial charge in [0.25, 0.3) is 5.91 Å². The zero-order chi connectivity index (χ0) is 24.4. The molecule has 0 spiro atoms. The van der Waals surface area contributed by atoms with Crippen molar-refractivity contribution < 1.29 is 9.90 Å². The lowest BCUT2D eigenvalue weighted by atomic mass is 10.0. The number of aromatic amines is 1. The molecule has 3 heterocycles. The van der Waals surface area contributed by atoms with E-state index < -0.39 is 0 Å². The number of aromatic nitrogens is 3. The highest BCUT2D eigenvalue weighted by molar-refractivity contribution is 6.09. The van der Waals surface area contributed by atoms with Crippen molar-refractivity contribution >= 4 is 29.1 Å². The number of aromatic hydroxyl groups is 1. The second-order valence-electron chi connectivity index (χ2n) is 9.13. The molecule has 7 nitrogen and oxygen atoms in total. The first-order valence-corrected chi connectivity index (χ1v) is 12.0. The lowest BCUT2D eigenvalue weighted by Crippen LogP contribution is -2.46. The Hall–Kier alpha value is -3.97. The number of nitrogens with zero attached hydrogens (tertiary/aromatic N) is 3. The number of carbonyl (C=O) groups is 1. The molecule has 3 N–H and O–H groups in total. The first-order valence-electron chi connectivity index (χ1n) is 12.0. The molecular formula is C28H29N5O2. The van der Waals surface area contributed by atoms with Crippen LogP contribution in [0.2, 0.25) is 0 Å². The summed E-state index contributed by atoms with van der Waals surface area (Å²) in [7, 11) is 0. The molecule has 0 unspecified atom stereocenters. The topological polar surface area (TPSA) is 94.1 Å². The predicted octanol–water partition coefficient (Wildman–Crippen LogP) is 4.67. The SMILES string of the molecule is CC(C)c1ccc(C=Cc2[nH]nc3nc(-c4ccc(O)cc4)cc(C(=O)N4CCNCC4)c23)cc1. The summed E-state index contributed by atoms with van der Waals surface area (Å²) >= 11 is 0. The number of benzene rings is 2. The maximum absolute atomic E-state index is 13.6. The number of phenols is 1. The molecule has 7 heteroatoms. The summed E-state index contributed by atoms with van der Waals surface area (Å²) in [6.45, 7) is 7.21. The summed E-state index contributed by atoms with van der Waals surface area (Å²) in [5, 5.41) is 21.2. The summed E-state index contributed by atoms with van der Waals surface area (Å²) in [5.74, 6) is 0.633. The van der Waals surface area contributed by atoms with Crippen molar-refractivity contribution in [2.24, 2.45) is 0 Å². The lowest BCUT2D eigenvalue weighted by molar-refractivity contribution is 0.0737. The Kier molecular flexibility index (Phi) is 6.33. The molecule has 1 aliphatic rings. The van der Waals surface area contributed by atoms with E-state index in [1.165, 1.54) is 5.56 Å². The van der Waals surface area contributed by atoms with Crippen molar-refractivity contribution in [2.45, 2.75) is 19.8 Å². The fraction of sp³-hybridized carbons (Fsp3) is 0.250. The molecule has 1 amide bonds. The van der Waals surface area contributed by atoms with Crippen LogP contribution in [0.3, 0.4) is 0 Å². The van der Waals surface area contributed by atoms with E-state index in [1.807, 2.05) is 23.1 Å². The van der Waals surface area contributed by atoms with E-state index in [0.717, 1.165) is 29.9 Å². The van der Waals surface area contributed by atoms with Crippen LogP contribution in [0.5, 0.6) is 5.75 Å². The van der Waals surface area contributed by atoms with Crippen LogP contribution in [-0.2, 0) is 0 Å². The summed E-state index contributed by atoms with van der Waals surface area (Å²) in [6.07, 6.45) is 3.97. The number of H-pyrrole nitrogens is 1. The van der Waals surface area contributed by atoms with Crippen molar-refractivity contribution in [2.75, 3.05) is 26.2 Å². The van der Waals surface area contributed by atoms with E-state index in [2.05, 4.69) is 53.6 Å². The number of nitrogens with one attached hydrogen (secondary N) is 2. The Bertz CT molecular complexity index is 1370. The molecule has 4 aromatic rings. The molecule has 35 heavy (non-hydrogen) atoms. The highest BCUT2D eigenvalue weighted by Crippen LogP contribution is 2.29. The molecule has 0 atom stereocenters. The molecule has 2 aromatic heterocycles. The molecular weight excluding hydrogens is 438 g/mol. The average Bonchev–Trinajstić information content (AvgIpc) is 3.30. The van der Waals surface area contributed by atoms with Crippen molar-refractivity contribution in [3.8, 4) is 17.0 Å². The van der Waals surface area contributed by atoms with Gasteiger partial charge in [-0.1, -0.05) is 44.2 Å². The molecule has 1 fully saturated rings. The third kappa shape index (κ3) is 4.81. The number of pyridine rings is 1. The van der Waals surface area contributed by atoms with Gasteiger partial charge >= 0.3 is 0 Å². The van der Waals surface area contributed by atoms with Crippen LogP contribution in [0.25, 0.3) is 34.4 Å². The largest absolute Gasteiger partial charge is 0.508 e. The van der Waals surface area contributed by atoms with Gasteiger partial charge in [0.1, 0.15) is 5.75 Å². The van der Waals surface area contributed by atoms with E-state index in [9.17, 15) is 9.90 Å². The Morgan fingerprint density at radius 1 is 1.03 bits per heavy atom. The van der Waals surface area contributed by atoms with Gasteiger partial charge in [-0.3, -0.25) is 9.89 Å². The highest BCUT2D eigenvalue weighted by Gasteiger charge is 2.24. The molecule has 2 aromatic carbocycles. The zero-order valence-electron chi connectivity index (χ0n) is 20.0. The first-order chi connectivity index (χ1) is 17.0. The number of hydrogen-bond donors (Lipinski definition) is 3. The quantitative estimate of drug-likeness (QED) is 0.397. The van der Waals surface area contributed by atoms with Gasteiger partial charge in [-0.2, -0.15) is 5.10 Å². The monoisotopic (exact) mass is 467 g/mol. The van der Waals surface area contributed by atoms with Crippen molar-refractivity contribution in [1.29, 1.82) is 0 Å². The Morgan fingerprint density at radius 2 is 1.74 bits per heavy atom. The van der Waals surface area contributed by atoms with E-state index in [-0.39, 0.29) is 11.7 Å². The van der Waals surface area contributed by atoms with Gasteiger partial charge in [-0.15, -0.1) is 0 Å². The second-order valence-corrected chi connectivity index (χ2v) is 9.13. The maximum Gasteiger partial charge on any atom is 0.254 e. The van der Waals surface area contributed by atoms with Crippen LogP contribution in [0, 0.1) is 0 Å². The fourth-order valence-corrected chi connectivity index (χ4v) is 4.33. The van der Waals surface area contributed by atoms with Gasteiger partial charge in [0, 0.05) is 31.7 Å². The van der Waals surface area contributed by atoms with Crippen LogP contribution in [0.15, 0.2) is 54.6 Å². The molecule has 0 aliphatic carbocycles. The number of piperazine rings is 1. The minimum Gasteiger partial charge on any atom is -0.508 e. The van der Waals surface area contributed by atoms with Crippen LogP contribution in [0.4, 0.5) is 0 Å². The summed E-state index contributed by atoms with van der Waals surface area (Å²) in [6, 6.07) is 17.1. The highest BCUT2D eigenvalue weighted by atomic mass is 16.3. The van der Waals surface area contributed by atoms with Gasteiger partial charge < -0.3 is 15.3 Å². The molecule has 0 saturated carbocycles. The Labute approximate surface area is 204 Å². The van der Waals surface area contributed by atoms with Crippen LogP contribution < -0.4 is 5.32 Å². The third-order valence-corrected chi connectivity index (χ3v) is 6.40. The molecule has 0 bridgehead atoms. The standard InChI is InChI=1S/C28H29N5O2/c1-18(2)20-6-3-19(4-7-20)5-12-24-26-23(28(35)33-15-13-29-14-16-33)17-25(30-27(26)32-31-24)21-8-10-22(34)11-9-21/h3-12,17-18,29,34H,13-16H2,1-2H3,(H,30,31,32). The van der Waals surface area contributed by atoms with E-state index in [0.29, 0.717) is 41.3 Å². The lowest BCUT2D eigenvalue weighted by Gasteiger charge is -2.27. The second kappa shape index (κ2) is 9.72. The van der Waals surface area contributed by atoms with Gasteiger partial charge in [-0.25, -0.2) is 4.98 Å². The normalized spacial score (nSPS) is 14.3. The Balaban J connectivity index is 1.57. The minimum atomic E-state index is -0.0312. The summed E-state index contributed by atoms with van der Waals surface area (Å²) < 4.78 is 0. The van der Waals surface area contributed by atoms with Gasteiger partial charge in [0.2, 0.25) is 0 Å². The van der Waals surface area contributed by atoms with E-state index in [4.69, 9.17) is 4.98 Å². The van der Waals surface area contributed by atoms with Crippen molar-refractivity contribution in [1.82, 2.24) is 25.4 Å². The molecule has 1 saturated heterocycles. The van der Waals surface area contributed by atoms with Crippen LogP contribution in [-0.4, -0.2) is 57.3 Å². The van der Waals surface area contributed by atoms with E-state index in [1.54, 1.807) is 24.3 Å². The predicted molar refractivity (Wildman–Crippen MR) is 139 cm³/mol. The number of carbonyl (C=O) groups excluding carboxylic acids is 1. The average molecular weight is 468 g/mol. The fourth-order valence-electron chi connectivity index (χ4n) is 4.33. The van der Waals surface area contributed by atoms with E-state index >= 15 is 0 Å². The zero-order valence-corrected chi connectivity index (χ0v) is 20.0. The number of rotatable bonds is 5. The van der Waals surface area contributed by atoms with Gasteiger partial charge in [-0.05, 0) is 53.5 Å². The van der Waals surface area contributed by atoms with Gasteiger partial charge in [0.15, 0.2) is 5.65 Å². The van der Waals surface area contributed by atoms with Crippen LogP contribution >= 0.6 is 0 Å². The van der Waals surface area contributed by atoms with Crippen molar-refractivity contribution in [3.63, 3.8) is 0 Å². The molecule has 5 rings (SSSR count). The van der Waals surface area contributed by atoms with Crippen LogP contribution in [0.1, 0.15) is 46.9 Å². The number of hydrogen-bond acceptors (Lipinski definition) is 5. The molecule has 0 radical (unpaired) electrons. The smallest absolute Gasteiger partial charge is 0.254 e. The summed E-state index contributed by atoms with van der Waals surface area (Å²) in [5.41, 5.74) is 5.63. The van der Waals surface area contributed by atoms with Crippen molar-refractivity contribution in [3.05, 3.63) is 77.0 Å². The number of phenolic OH excluding ortho intramolecular Hbond substituents is 1. The minimum absolute atomic E-state index is 0.0312. The number of amides is 1. The molecule has 178 valence electrons. The Morgan fingerprint density at radius 3 is 2.43 bits per heavy atom. The number of fused-ring (bicyclic) bond motifs is 1. The summed E-state index contributed by atoms with van der Waals surface area (Å²) in [4.78, 5) is 20.2. The van der Waals surface area contributed by atoms with Gasteiger partial charge in [0.05, 0.1) is 22.3 Å². The first kappa shape index (κ1) is 22.8. The molecule has 1 aliphatic heterocycles. The maximum atomic E-state index is 13.6. The third-order valence-electron chi connectivity index (χ3n) is 6.40.